The number of nitrogens with zero attached hydrogens (tertiary/aromatic N) is 1. The van der Waals surface area contributed by atoms with Crippen molar-refractivity contribution in [1.29, 1.82) is 0 Å². The summed E-state index contributed by atoms with van der Waals surface area (Å²) in [7, 11) is 0. The molecule has 1 amide bonds. The first-order valence-corrected chi connectivity index (χ1v) is 22.2. The Hall–Kier alpha value is -6.55. The van der Waals surface area contributed by atoms with Crippen molar-refractivity contribution in [3.8, 4) is 16.2 Å². The highest BCUT2D eigenvalue weighted by molar-refractivity contribution is 7.15. The van der Waals surface area contributed by atoms with Crippen LogP contribution in [0.4, 0.5) is 8.78 Å². The number of piperidine rings is 1. The van der Waals surface area contributed by atoms with E-state index in [0.717, 1.165) is 59.9 Å². The van der Waals surface area contributed by atoms with Gasteiger partial charge in [-0.15, -0.1) is 11.3 Å². The highest BCUT2D eigenvalue weighted by atomic mass is 32.1. The number of carbonyl (C=O) groups is 2. The first-order valence-electron chi connectivity index (χ1n) is 21.4. The molecule has 1 fully saturated rings. The van der Waals surface area contributed by atoms with Crippen LogP contribution in [0.2, 0.25) is 0 Å². The van der Waals surface area contributed by atoms with Gasteiger partial charge in [0.05, 0.1) is 30.3 Å². The lowest BCUT2D eigenvalue weighted by atomic mass is 9.85. The number of esters is 1. The number of hydrogen-bond donors (Lipinski definition) is 6. The molecule has 5 aromatic carbocycles. The van der Waals surface area contributed by atoms with Crippen LogP contribution in [0, 0.1) is 17.6 Å². The number of likely N-dealkylation sites (tertiary alicyclic amines) is 1. The number of aromatic nitrogens is 1. The molecule has 11 nitrogen and oxygen atoms in total. The number of halogens is 2. The molecule has 65 heavy (non-hydrogen) atoms. The van der Waals surface area contributed by atoms with Gasteiger partial charge in [-0.1, -0.05) is 84.9 Å². The first kappa shape index (κ1) is 45.0. The zero-order chi connectivity index (χ0) is 45.5. The highest BCUT2D eigenvalue weighted by Gasteiger charge is 2.42. The third-order valence-electron chi connectivity index (χ3n) is 11.8. The number of carbonyl (C=O) groups excluding carboxylic acids is 2. The lowest BCUT2D eigenvalue weighted by Gasteiger charge is -2.33. The lowest BCUT2D eigenvalue weighted by molar-refractivity contribution is -0.164. The van der Waals surface area contributed by atoms with Crippen LogP contribution in [0.5, 0.6) is 5.75 Å². The number of thiophene rings is 1. The molecule has 1 aliphatic heterocycles. The van der Waals surface area contributed by atoms with E-state index in [1.807, 2.05) is 36.4 Å². The van der Waals surface area contributed by atoms with Gasteiger partial charge >= 0.3 is 5.97 Å². The van der Waals surface area contributed by atoms with Gasteiger partial charge in [0.15, 0.2) is 0 Å². The van der Waals surface area contributed by atoms with Gasteiger partial charge < -0.3 is 35.7 Å². The topological polar surface area (TPSA) is 164 Å². The zero-order valence-electron chi connectivity index (χ0n) is 35.3. The Labute approximate surface area is 378 Å². The van der Waals surface area contributed by atoms with Gasteiger partial charge in [0.2, 0.25) is 11.2 Å². The second-order valence-corrected chi connectivity index (χ2v) is 17.4. The fourth-order valence-corrected chi connectivity index (χ4v) is 9.17. The van der Waals surface area contributed by atoms with Crippen molar-refractivity contribution in [2.24, 2.45) is 5.92 Å². The number of phenolic OH excluding ortho intramolecular Hbond substituents is 1. The van der Waals surface area contributed by atoms with Crippen LogP contribution in [-0.4, -0.2) is 63.3 Å². The van der Waals surface area contributed by atoms with Gasteiger partial charge in [-0.3, -0.25) is 14.5 Å². The van der Waals surface area contributed by atoms with Crippen molar-refractivity contribution in [2.75, 3.05) is 26.2 Å². The molecule has 6 N–H and O–H groups in total. The zero-order valence-corrected chi connectivity index (χ0v) is 36.1. The first-order chi connectivity index (χ1) is 31.5. The number of H-pyrrole nitrogens is 1. The van der Waals surface area contributed by atoms with Crippen LogP contribution < -0.4 is 16.2 Å². The fourth-order valence-electron chi connectivity index (χ4n) is 8.22. The van der Waals surface area contributed by atoms with Gasteiger partial charge in [0.1, 0.15) is 17.4 Å². The molecular weight excluding hydrogens is 851 g/mol. The van der Waals surface area contributed by atoms with E-state index in [1.54, 1.807) is 48.5 Å². The van der Waals surface area contributed by atoms with Crippen LogP contribution >= 0.6 is 11.3 Å². The molecule has 3 heterocycles. The number of aromatic hydroxyl groups is 1. The van der Waals surface area contributed by atoms with Crippen LogP contribution in [0.3, 0.4) is 0 Å². The lowest BCUT2D eigenvalue weighted by Crippen LogP contribution is -2.40. The molecule has 334 valence electrons. The highest BCUT2D eigenvalue weighted by Crippen LogP contribution is 2.36. The number of aliphatic hydroxyl groups excluding tert-OH is 1. The summed E-state index contributed by atoms with van der Waals surface area (Å²) in [5.41, 5.74) is 0.248. The van der Waals surface area contributed by atoms with Crippen LogP contribution in [-0.2, 0) is 34.8 Å². The summed E-state index contributed by atoms with van der Waals surface area (Å²) in [5.74, 6) is -3.29. The molecule has 8 rings (SSSR count). The quantitative estimate of drug-likeness (QED) is 0.0534. The Balaban J connectivity index is 0.874. The molecule has 2 unspecified atom stereocenters. The van der Waals surface area contributed by atoms with E-state index in [2.05, 4.69) is 32.7 Å². The summed E-state index contributed by atoms with van der Waals surface area (Å²) in [6, 6.07) is 37.1. The van der Waals surface area contributed by atoms with Crippen molar-refractivity contribution >= 4 is 34.1 Å². The van der Waals surface area contributed by atoms with E-state index in [0.29, 0.717) is 22.1 Å². The van der Waals surface area contributed by atoms with E-state index in [9.17, 15) is 29.7 Å². The predicted molar refractivity (Wildman–Crippen MR) is 245 cm³/mol. The number of benzene rings is 5. The molecular formula is C51H48F2N4O7S. The normalized spacial score (nSPS) is 14.8. The van der Waals surface area contributed by atoms with Crippen molar-refractivity contribution in [3.63, 3.8) is 0 Å². The molecule has 14 heteroatoms. The fraction of sp³-hybridized carbons (Fsp3) is 0.235. The van der Waals surface area contributed by atoms with Crippen molar-refractivity contribution < 1.29 is 38.4 Å². The maximum Gasteiger partial charge on any atom is 0.347 e. The Morgan fingerprint density at radius 1 is 0.846 bits per heavy atom. The van der Waals surface area contributed by atoms with Crippen molar-refractivity contribution in [1.82, 2.24) is 20.5 Å². The number of fused-ring (bicyclic) bond motifs is 1. The summed E-state index contributed by atoms with van der Waals surface area (Å²) in [6.07, 6.45) is 0.636. The number of rotatable bonds is 16. The number of hydrogen-bond acceptors (Lipinski definition) is 10. The number of pyridine rings is 1. The third kappa shape index (κ3) is 10.4. The molecule has 7 aromatic rings. The predicted octanol–water partition coefficient (Wildman–Crippen LogP) is 7.68. The summed E-state index contributed by atoms with van der Waals surface area (Å²) in [4.78, 5) is 45.3. The number of ether oxygens (including phenoxy) is 1. The van der Waals surface area contributed by atoms with Gasteiger partial charge in [-0.05, 0) is 96.6 Å². The van der Waals surface area contributed by atoms with E-state index >= 15 is 8.78 Å². The average molecular weight is 899 g/mol. The molecule has 0 saturated carbocycles. The molecule has 2 aromatic heterocycles. The second kappa shape index (κ2) is 20.1. The number of aromatic amines is 1. The molecule has 0 radical (unpaired) electrons. The third-order valence-corrected chi connectivity index (χ3v) is 13.0. The number of phenols is 1. The minimum absolute atomic E-state index is 0.0245. The van der Waals surface area contributed by atoms with E-state index in [-0.39, 0.29) is 49.0 Å². The van der Waals surface area contributed by atoms with Gasteiger partial charge in [0, 0.05) is 52.0 Å². The summed E-state index contributed by atoms with van der Waals surface area (Å²) < 4.78 is 36.4. The summed E-state index contributed by atoms with van der Waals surface area (Å²) >= 11 is 1.36. The molecule has 1 saturated heterocycles. The van der Waals surface area contributed by atoms with Crippen molar-refractivity contribution in [2.45, 2.75) is 44.2 Å². The van der Waals surface area contributed by atoms with Gasteiger partial charge in [0.25, 0.3) is 5.91 Å². The van der Waals surface area contributed by atoms with Crippen LogP contribution in [0.15, 0.2) is 138 Å². The summed E-state index contributed by atoms with van der Waals surface area (Å²) in [6.45, 7) is 2.65. The monoisotopic (exact) mass is 898 g/mol. The van der Waals surface area contributed by atoms with Gasteiger partial charge in [-0.25, -0.2) is 13.6 Å². The number of nitrogens with one attached hydrogen (secondary N) is 3. The molecule has 2 atom stereocenters. The van der Waals surface area contributed by atoms with E-state index in [4.69, 9.17) is 4.74 Å². The minimum Gasteiger partial charge on any atom is -0.506 e. The summed E-state index contributed by atoms with van der Waals surface area (Å²) in [5, 5.41) is 39.2. The second-order valence-electron chi connectivity index (χ2n) is 16.3. The molecule has 0 bridgehead atoms. The Morgan fingerprint density at radius 2 is 1.58 bits per heavy atom. The SMILES string of the molecule is O=C(NCc1ccc(-c2cccc(C(O)(C(=O)OCC3CCN(Cc4ccccc4)CC3)c3ccccc3)c2)s1)c1cc(F)c(CNCC(O)c2ccc(O)c3[nH]c(=O)ccc23)cc1F. The molecule has 0 aliphatic carbocycles. The standard InChI is InChI=1S/C51H48F2N4O7S/c52-42-26-41(43(53)25-35(42)27-54-29-45(59)39-15-17-44(58)48-40(39)16-19-47(60)56-48)49(61)55-28-38-14-18-46(65-38)34-10-7-13-37(24-34)51(63,36-11-5-2-6-12-36)50(62)64-31-33-20-22-57(23-21-33)30-32-8-3-1-4-9-32/h1-19,24-26,33,45,54,58-59,63H,20-23,27-31H2,(H,55,61)(H,56,60). The average Bonchev–Trinajstić information content (AvgIpc) is 3.81. The number of amides is 1. The van der Waals surface area contributed by atoms with E-state index < -0.39 is 46.3 Å². The Kier molecular flexibility index (Phi) is 13.9. The molecule has 0 spiro atoms. The van der Waals surface area contributed by atoms with Crippen LogP contribution in [0.1, 0.15) is 62.0 Å². The van der Waals surface area contributed by atoms with E-state index in [1.165, 1.54) is 41.2 Å². The Bertz CT molecular complexity index is 2850. The number of aliphatic hydroxyl groups is 2. The Morgan fingerprint density at radius 3 is 2.35 bits per heavy atom. The molecule has 1 aliphatic rings. The maximum absolute atomic E-state index is 15.3. The smallest absolute Gasteiger partial charge is 0.347 e. The van der Waals surface area contributed by atoms with Crippen LogP contribution in [0.25, 0.3) is 21.3 Å². The van der Waals surface area contributed by atoms with Gasteiger partial charge in [-0.2, -0.15) is 0 Å². The maximum atomic E-state index is 15.3. The van der Waals surface area contributed by atoms with Crippen molar-refractivity contribution in [3.05, 3.63) is 194 Å². The minimum atomic E-state index is -2.09. The largest absolute Gasteiger partial charge is 0.506 e.